The molecule has 0 aliphatic carbocycles. The number of hydrogen-bond donors (Lipinski definition) is 1. The van der Waals surface area contributed by atoms with Gasteiger partial charge in [-0.1, -0.05) is 6.07 Å². The summed E-state index contributed by atoms with van der Waals surface area (Å²) in [5.41, 5.74) is 4.20. The van der Waals surface area contributed by atoms with Crippen LogP contribution in [0.3, 0.4) is 0 Å². The van der Waals surface area contributed by atoms with Gasteiger partial charge in [0, 0.05) is 10.9 Å². The van der Waals surface area contributed by atoms with Gasteiger partial charge in [0.15, 0.2) is 11.5 Å². The summed E-state index contributed by atoms with van der Waals surface area (Å²) in [6.45, 7) is 3.87. The number of ether oxygens (including phenoxy) is 2. The number of pyridine rings is 1. The third-order valence-electron chi connectivity index (χ3n) is 4.16. The molecule has 1 N–H and O–H groups in total. The SMILES string of the molecule is COc1ccc(-c2cc(C(=O)O)c3c(C)cc(C)cc3n2)cc1OC. The van der Waals surface area contributed by atoms with Crippen LogP contribution in [0.15, 0.2) is 36.4 Å². The zero-order chi connectivity index (χ0) is 18.1. The first-order valence-corrected chi connectivity index (χ1v) is 7.82. The lowest BCUT2D eigenvalue weighted by Crippen LogP contribution is -2.02. The summed E-state index contributed by atoms with van der Waals surface area (Å²) < 4.78 is 10.6. The predicted octanol–water partition coefficient (Wildman–Crippen LogP) is 4.23. The number of aromatic nitrogens is 1. The maximum Gasteiger partial charge on any atom is 0.336 e. The van der Waals surface area contributed by atoms with Crippen molar-refractivity contribution in [2.24, 2.45) is 0 Å². The van der Waals surface area contributed by atoms with Gasteiger partial charge >= 0.3 is 5.97 Å². The molecule has 0 atom stereocenters. The molecule has 1 heterocycles. The van der Waals surface area contributed by atoms with Crippen molar-refractivity contribution in [1.29, 1.82) is 0 Å². The normalized spacial score (nSPS) is 10.7. The van der Waals surface area contributed by atoms with E-state index in [1.807, 2.05) is 32.0 Å². The molecule has 1 aromatic heterocycles. The van der Waals surface area contributed by atoms with Gasteiger partial charge in [0.1, 0.15) is 0 Å². The summed E-state index contributed by atoms with van der Waals surface area (Å²) in [7, 11) is 3.13. The lowest BCUT2D eigenvalue weighted by molar-refractivity contribution is 0.0699. The second-order valence-corrected chi connectivity index (χ2v) is 5.91. The molecule has 25 heavy (non-hydrogen) atoms. The summed E-state index contributed by atoms with van der Waals surface area (Å²) in [5, 5.41) is 10.3. The third kappa shape index (κ3) is 3.01. The van der Waals surface area contributed by atoms with E-state index >= 15 is 0 Å². The molecule has 0 amide bonds. The minimum atomic E-state index is -0.971. The van der Waals surface area contributed by atoms with Gasteiger partial charge in [-0.3, -0.25) is 0 Å². The first-order valence-electron chi connectivity index (χ1n) is 7.82. The molecule has 0 saturated heterocycles. The van der Waals surface area contributed by atoms with Crippen molar-refractivity contribution in [3.05, 3.63) is 53.1 Å². The smallest absolute Gasteiger partial charge is 0.336 e. The van der Waals surface area contributed by atoms with Crippen LogP contribution in [0.4, 0.5) is 0 Å². The monoisotopic (exact) mass is 337 g/mol. The number of carbonyl (C=O) groups is 1. The number of benzene rings is 2. The molecule has 0 saturated carbocycles. The van der Waals surface area contributed by atoms with Crippen molar-refractivity contribution in [1.82, 2.24) is 4.98 Å². The van der Waals surface area contributed by atoms with E-state index in [1.165, 1.54) is 0 Å². The van der Waals surface area contributed by atoms with Gasteiger partial charge in [0.25, 0.3) is 0 Å². The molecule has 5 nitrogen and oxygen atoms in total. The number of nitrogens with zero attached hydrogens (tertiary/aromatic N) is 1. The number of carboxylic acids is 1. The number of methoxy groups -OCH3 is 2. The highest BCUT2D eigenvalue weighted by atomic mass is 16.5. The largest absolute Gasteiger partial charge is 0.493 e. The number of aromatic carboxylic acids is 1. The third-order valence-corrected chi connectivity index (χ3v) is 4.16. The topological polar surface area (TPSA) is 68.7 Å². The minimum absolute atomic E-state index is 0.243. The molecule has 0 bridgehead atoms. The summed E-state index contributed by atoms with van der Waals surface area (Å²) in [4.78, 5) is 16.5. The van der Waals surface area contributed by atoms with Crippen LogP contribution < -0.4 is 9.47 Å². The van der Waals surface area contributed by atoms with E-state index < -0.39 is 5.97 Å². The highest BCUT2D eigenvalue weighted by Crippen LogP contribution is 2.34. The first kappa shape index (κ1) is 16.8. The lowest BCUT2D eigenvalue weighted by Gasteiger charge is -2.12. The Bertz CT molecular complexity index is 979. The number of rotatable bonds is 4. The van der Waals surface area contributed by atoms with Crippen molar-refractivity contribution in [2.75, 3.05) is 14.2 Å². The van der Waals surface area contributed by atoms with Gasteiger partial charge in [-0.15, -0.1) is 0 Å². The fourth-order valence-corrected chi connectivity index (χ4v) is 3.07. The van der Waals surface area contributed by atoms with Crippen LogP contribution in [0.2, 0.25) is 0 Å². The molecule has 0 aliphatic heterocycles. The van der Waals surface area contributed by atoms with Gasteiger partial charge in [-0.05, 0) is 55.3 Å². The summed E-state index contributed by atoms with van der Waals surface area (Å²) in [5.74, 6) is 0.206. The Morgan fingerprint density at radius 2 is 1.72 bits per heavy atom. The van der Waals surface area contributed by atoms with E-state index in [0.717, 1.165) is 16.7 Å². The van der Waals surface area contributed by atoms with Crippen LogP contribution in [0.25, 0.3) is 22.2 Å². The molecule has 3 rings (SSSR count). The van der Waals surface area contributed by atoms with Crippen molar-refractivity contribution < 1.29 is 19.4 Å². The van der Waals surface area contributed by atoms with Crippen LogP contribution in [-0.4, -0.2) is 30.3 Å². The van der Waals surface area contributed by atoms with Crippen LogP contribution in [-0.2, 0) is 0 Å². The second-order valence-electron chi connectivity index (χ2n) is 5.91. The van der Waals surface area contributed by atoms with Crippen molar-refractivity contribution in [3.8, 4) is 22.8 Å². The van der Waals surface area contributed by atoms with Crippen LogP contribution in [0.1, 0.15) is 21.5 Å². The predicted molar refractivity (Wildman–Crippen MR) is 96.7 cm³/mol. The molecular formula is C20H19NO4. The molecule has 0 radical (unpaired) electrons. The Labute approximate surface area is 145 Å². The molecule has 3 aromatic rings. The molecule has 2 aromatic carbocycles. The second kappa shape index (κ2) is 6.43. The molecule has 0 fully saturated rings. The Morgan fingerprint density at radius 3 is 2.36 bits per heavy atom. The maximum absolute atomic E-state index is 11.8. The summed E-state index contributed by atoms with van der Waals surface area (Å²) in [6, 6.07) is 10.9. The quantitative estimate of drug-likeness (QED) is 0.771. The highest BCUT2D eigenvalue weighted by Gasteiger charge is 2.16. The Kier molecular flexibility index (Phi) is 4.31. The van der Waals surface area contributed by atoms with Gasteiger partial charge in [-0.2, -0.15) is 0 Å². The molecule has 128 valence electrons. The highest BCUT2D eigenvalue weighted by molar-refractivity contribution is 6.05. The number of hydrogen-bond acceptors (Lipinski definition) is 4. The fraction of sp³-hybridized carbons (Fsp3) is 0.200. The number of aryl methyl sites for hydroxylation is 2. The van der Waals surface area contributed by atoms with E-state index in [1.54, 1.807) is 32.4 Å². The van der Waals surface area contributed by atoms with Crippen LogP contribution >= 0.6 is 0 Å². The summed E-state index contributed by atoms with van der Waals surface area (Å²) in [6.07, 6.45) is 0. The average molecular weight is 337 g/mol. The molecular weight excluding hydrogens is 318 g/mol. The number of carboxylic acid groups (broad SMARTS) is 1. The average Bonchev–Trinajstić information content (AvgIpc) is 2.59. The molecule has 0 aliphatic rings. The van der Waals surface area contributed by atoms with E-state index in [-0.39, 0.29) is 5.56 Å². The summed E-state index contributed by atoms with van der Waals surface area (Å²) >= 11 is 0. The van der Waals surface area contributed by atoms with Gasteiger partial charge in [-0.25, -0.2) is 9.78 Å². The van der Waals surface area contributed by atoms with Crippen molar-refractivity contribution >= 4 is 16.9 Å². The zero-order valence-corrected chi connectivity index (χ0v) is 14.6. The van der Waals surface area contributed by atoms with Crippen LogP contribution in [0, 0.1) is 13.8 Å². The van der Waals surface area contributed by atoms with Gasteiger partial charge < -0.3 is 14.6 Å². The Hall–Kier alpha value is -3.08. The zero-order valence-electron chi connectivity index (χ0n) is 14.6. The van der Waals surface area contributed by atoms with E-state index in [2.05, 4.69) is 4.98 Å². The van der Waals surface area contributed by atoms with Gasteiger partial charge in [0.2, 0.25) is 0 Å². The Balaban J connectivity index is 2.29. The van der Waals surface area contributed by atoms with E-state index in [4.69, 9.17) is 9.47 Å². The molecule has 0 spiro atoms. The van der Waals surface area contributed by atoms with Gasteiger partial charge in [0.05, 0.1) is 31.0 Å². The number of fused-ring (bicyclic) bond motifs is 1. The van der Waals surface area contributed by atoms with Crippen molar-refractivity contribution in [2.45, 2.75) is 13.8 Å². The van der Waals surface area contributed by atoms with E-state index in [9.17, 15) is 9.90 Å². The molecule has 0 unspecified atom stereocenters. The first-order chi connectivity index (χ1) is 11.9. The van der Waals surface area contributed by atoms with Crippen molar-refractivity contribution in [3.63, 3.8) is 0 Å². The Morgan fingerprint density at radius 1 is 1.00 bits per heavy atom. The lowest BCUT2D eigenvalue weighted by atomic mass is 9.99. The molecule has 5 heteroatoms. The maximum atomic E-state index is 11.8. The van der Waals surface area contributed by atoms with Crippen LogP contribution in [0.5, 0.6) is 11.5 Å². The minimum Gasteiger partial charge on any atom is -0.493 e. The standard InChI is InChI=1S/C20H19NO4/c1-11-7-12(2)19-14(20(22)23)10-15(21-16(19)8-11)13-5-6-17(24-3)18(9-13)25-4/h5-10H,1-4H3,(H,22,23). The fourth-order valence-electron chi connectivity index (χ4n) is 3.07. The van der Waals surface area contributed by atoms with E-state index in [0.29, 0.717) is 28.1 Å².